The van der Waals surface area contributed by atoms with E-state index in [0.717, 1.165) is 15.1 Å². The number of benzene rings is 3. The summed E-state index contributed by atoms with van der Waals surface area (Å²) in [6, 6.07) is 16.9. The van der Waals surface area contributed by atoms with Gasteiger partial charge in [0.1, 0.15) is 5.75 Å². The molecule has 146 valence electrons. The van der Waals surface area contributed by atoms with E-state index < -0.39 is 10.0 Å². The normalized spacial score (nSPS) is 11.6. The summed E-state index contributed by atoms with van der Waals surface area (Å²) >= 11 is 6.18. The summed E-state index contributed by atoms with van der Waals surface area (Å²) in [5.41, 5.74) is 0.479. The molecule has 28 heavy (non-hydrogen) atoms. The lowest BCUT2D eigenvalue weighted by molar-refractivity contribution is -0.118. The first-order valence-corrected chi connectivity index (χ1v) is 10.2. The average molecular weight is 419 g/mol. The molecule has 1 N–H and O–H groups in total. The molecule has 0 fully saturated rings. The first-order valence-electron chi connectivity index (χ1n) is 8.41. The molecular weight excluding hydrogens is 400 g/mol. The fraction of sp³-hybridized carbons (Fsp3) is 0.150. The number of amides is 1. The van der Waals surface area contributed by atoms with Crippen LogP contribution in [0.1, 0.15) is 0 Å². The zero-order valence-corrected chi connectivity index (χ0v) is 16.9. The van der Waals surface area contributed by atoms with Crippen molar-refractivity contribution in [1.82, 2.24) is 4.31 Å². The Morgan fingerprint density at radius 2 is 1.64 bits per heavy atom. The minimum Gasteiger partial charge on any atom is -0.483 e. The molecule has 0 aliphatic carbocycles. The van der Waals surface area contributed by atoms with E-state index in [1.807, 2.05) is 24.3 Å². The highest BCUT2D eigenvalue weighted by atomic mass is 35.5. The summed E-state index contributed by atoms with van der Waals surface area (Å²) in [6.45, 7) is -0.191. The Kier molecular flexibility index (Phi) is 5.88. The smallest absolute Gasteiger partial charge is 0.262 e. The molecule has 0 radical (unpaired) electrons. The van der Waals surface area contributed by atoms with Crippen LogP contribution in [0, 0.1) is 0 Å². The molecule has 0 unspecified atom stereocenters. The number of hydrogen-bond acceptors (Lipinski definition) is 4. The second kappa shape index (κ2) is 8.18. The molecule has 0 aliphatic heterocycles. The molecule has 0 saturated heterocycles. The van der Waals surface area contributed by atoms with Gasteiger partial charge in [0.05, 0.1) is 4.90 Å². The number of fused-ring (bicyclic) bond motifs is 1. The number of rotatable bonds is 6. The number of ether oxygens (including phenoxy) is 1. The number of nitrogens with zero attached hydrogens (tertiary/aromatic N) is 1. The van der Waals surface area contributed by atoms with Gasteiger partial charge in [-0.1, -0.05) is 35.9 Å². The number of anilines is 1. The third kappa shape index (κ3) is 4.27. The van der Waals surface area contributed by atoms with Gasteiger partial charge in [-0.2, -0.15) is 0 Å². The molecule has 8 heteroatoms. The fourth-order valence-corrected chi connectivity index (χ4v) is 3.75. The van der Waals surface area contributed by atoms with E-state index in [2.05, 4.69) is 5.32 Å². The Bertz CT molecular complexity index is 1110. The third-order valence-electron chi connectivity index (χ3n) is 4.11. The molecule has 3 rings (SSSR count). The maximum atomic E-state index is 12.2. The van der Waals surface area contributed by atoms with Gasteiger partial charge in [0.15, 0.2) is 6.61 Å². The topological polar surface area (TPSA) is 75.7 Å². The van der Waals surface area contributed by atoms with Gasteiger partial charge in [0.25, 0.3) is 5.91 Å². The van der Waals surface area contributed by atoms with Gasteiger partial charge in [-0.3, -0.25) is 4.79 Å². The van der Waals surface area contributed by atoms with Crippen LogP contribution >= 0.6 is 11.6 Å². The molecule has 0 aromatic heterocycles. The van der Waals surface area contributed by atoms with E-state index in [9.17, 15) is 13.2 Å². The van der Waals surface area contributed by atoms with Crippen LogP contribution in [0.4, 0.5) is 5.69 Å². The molecule has 0 aliphatic rings. The third-order valence-corrected chi connectivity index (χ3v) is 6.27. The fourth-order valence-electron chi connectivity index (χ4n) is 2.62. The lowest BCUT2D eigenvalue weighted by atomic mass is 10.1. The number of sulfonamides is 1. The average Bonchev–Trinajstić information content (AvgIpc) is 2.68. The van der Waals surface area contributed by atoms with Crippen molar-refractivity contribution in [1.29, 1.82) is 0 Å². The monoisotopic (exact) mass is 418 g/mol. The molecule has 0 spiro atoms. The van der Waals surface area contributed by atoms with Gasteiger partial charge < -0.3 is 10.1 Å². The first kappa shape index (κ1) is 20.1. The predicted octanol–water partition coefficient (Wildman–Crippen LogP) is 3.76. The number of carbonyl (C=O) groups excluding carboxylic acids is 1. The van der Waals surface area contributed by atoms with Gasteiger partial charge in [0.2, 0.25) is 10.0 Å². The molecule has 3 aromatic rings. The number of halogens is 1. The van der Waals surface area contributed by atoms with Gasteiger partial charge in [0, 0.05) is 35.6 Å². The van der Waals surface area contributed by atoms with Crippen molar-refractivity contribution in [2.45, 2.75) is 4.90 Å². The van der Waals surface area contributed by atoms with Crippen molar-refractivity contribution < 1.29 is 17.9 Å². The Morgan fingerprint density at radius 1 is 1.00 bits per heavy atom. The molecule has 0 saturated carbocycles. The summed E-state index contributed by atoms with van der Waals surface area (Å²) in [6.07, 6.45) is 0. The van der Waals surface area contributed by atoms with Crippen LogP contribution in [0.2, 0.25) is 5.02 Å². The lowest BCUT2D eigenvalue weighted by Crippen LogP contribution is -2.22. The highest BCUT2D eigenvalue weighted by Gasteiger charge is 2.17. The van der Waals surface area contributed by atoms with Crippen LogP contribution < -0.4 is 10.1 Å². The summed E-state index contributed by atoms with van der Waals surface area (Å²) in [5.74, 6) is 0.199. The van der Waals surface area contributed by atoms with Crippen LogP contribution in [0.25, 0.3) is 10.8 Å². The number of nitrogens with one attached hydrogen (secondary N) is 1. The van der Waals surface area contributed by atoms with Crippen molar-refractivity contribution >= 4 is 44.0 Å². The predicted molar refractivity (Wildman–Crippen MR) is 110 cm³/mol. The summed E-state index contributed by atoms with van der Waals surface area (Å²) in [5, 5.41) is 4.96. The van der Waals surface area contributed by atoms with Crippen molar-refractivity contribution in [3.63, 3.8) is 0 Å². The maximum absolute atomic E-state index is 12.2. The molecule has 0 bridgehead atoms. The van der Waals surface area contributed by atoms with Crippen LogP contribution in [-0.2, 0) is 14.8 Å². The van der Waals surface area contributed by atoms with Crippen molar-refractivity contribution in [2.75, 3.05) is 26.0 Å². The Balaban J connectivity index is 1.66. The zero-order chi connectivity index (χ0) is 20.3. The van der Waals surface area contributed by atoms with E-state index in [-0.39, 0.29) is 17.4 Å². The van der Waals surface area contributed by atoms with Gasteiger partial charge in [-0.25, -0.2) is 12.7 Å². The Morgan fingerprint density at radius 3 is 2.29 bits per heavy atom. The molecule has 0 heterocycles. The second-order valence-electron chi connectivity index (χ2n) is 6.24. The number of carbonyl (C=O) groups is 1. The SMILES string of the molecule is CN(C)S(=O)(=O)c1ccc(NC(=O)COc2ccc(Cl)c3ccccc23)cc1. The first-order chi connectivity index (χ1) is 13.3. The highest BCUT2D eigenvalue weighted by Crippen LogP contribution is 2.31. The largest absolute Gasteiger partial charge is 0.483 e. The lowest BCUT2D eigenvalue weighted by Gasteiger charge is -2.12. The Hall–Kier alpha value is -2.61. The van der Waals surface area contributed by atoms with E-state index in [1.165, 1.54) is 38.4 Å². The van der Waals surface area contributed by atoms with E-state index >= 15 is 0 Å². The van der Waals surface area contributed by atoms with Crippen LogP contribution in [-0.4, -0.2) is 39.3 Å². The van der Waals surface area contributed by atoms with Crippen molar-refractivity contribution in [2.24, 2.45) is 0 Å². The number of hydrogen-bond donors (Lipinski definition) is 1. The van der Waals surface area contributed by atoms with Gasteiger partial charge in [-0.15, -0.1) is 0 Å². The zero-order valence-electron chi connectivity index (χ0n) is 15.3. The highest BCUT2D eigenvalue weighted by molar-refractivity contribution is 7.89. The molecule has 3 aromatic carbocycles. The Labute approximate surface area is 168 Å². The van der Waals surface area contributed by atoms with Crippen molar-refractivity contribution in [3.8, 4) is 5.75 Å². The molecule has 0 atom stereocenters. The maximum Gasteiger partial charge on any atom is 0.262 e. The van der Waals surface area contributed by atoms with E-state index in [1.54, 1.807) is 12.1 Å². The summed E-state index contributed by atoms with van der Waals surface area (Å²) < 4.78 is 30.9. The summed E-state index contributed by atoms with van der Waals surface area (Å²) in [7, 11) is -0.585. The van der Waals surface area contributed by atoms with E-state index in [4.69, 9.17) is 16.3 Å². The standard InChI is InChI=1S/C20H19ClN2O4S/c1-23(2)28(25,26)15-9-7-14(8-10-15)22-20(24)13-27-19-12-11-18(21)16-5-3-4-6-17(16)19/h3-12H,13H2,1-2H3,(H,22,24). The van der Waals surface area contributed by atoms with Gasteiger partial charge in [-0.05, 0) is 36.4 Å². The molecular formula is C20H19ClN2O4S. The van der Waals surface area contributed by atoms with Crippen LogP contribution in [0.3, 0.4) is 0 Å². The van der Waals surface area contributed by atoms with E-state index in [0.29, 0.717) is 16.5 Å². The molecule has 1 amide bonds. The summed E-state index contributed by atoms with van der Waals surface area (Å²) in [4.78, 5) is 12.3. The molecule has 6 nitrogen and oxygen atoms in total. The van der Waals surface area contributed by atoms with Crippen LogP contribution in [0.5, 0.6) is 5.75 Å². The quantitative estimate of drug-likeness (QED) is 0.661. The second-order valence-corrected chi connectivity index (χ2v) is 8.80. The minimum absolute atomic E-state index is 0.152. The van der Waals surface area contributed by atoms with Crippen LogP contribution in [0.15, 0.2) is 65.6 Å². The van der Waals surface area contributed by atoms with Gasteiger partial charge >= 0.3 is 0 Å². The van der Waals surface area contributed by atoms with Crippen molar-refractivity contribution in [3.05, 3.63) is 65.7 Å². The minimum atomic E-state index is -3.51.